The molecule has 0 aliphatic heterocycles. The molecule has 0 bridgehead atoms. The second-order valence-corrected chi connectivity index (χ2v) is 5.15. The van der Waals surface area contributed by atoms with Crippen LogP contribution in [0.4, 0.5) is 0 Å². The molecule has 0 saturated carbocycles. The predicted octanol–water partition coefficient (Wildman–Crippen LogP) is 2.98. The van der Waals surface area contributed by atoms with E-state index in [0.29, 0.717) is 0 Å². The first-order chi connectivity index (χ1) is 9.19. The molecule has 0 fully saturated rings. The summed E-state index contributed by atoms with van der Waals surface area (Å²) in [4.78, 5) is 0. The van der Waals surface area contributed by atoms with Crippen molar-refractivity contribution in [2.24, 2.45) is 0 Å². The third-order valence-corrected chi connectivity index (χ3v) is 3.60. The van der Waals surface area contributed by atoms with Gasteiger partial charge in [0, 0.05) is 28.3 Å². The zero-order valence-corrected chi connectivity index (χ0v) is 12.9. The minimum absolute atomic E-state index is 0.0725. The van der Waals surface area contributed by atoms with E-state index in [1.165, 1.54) is 0 Å². The molecule has 1 N–H and O–H groups in total. The molecule has 0 aliphatic rings. The Hall–Kier alpha value is -1.33. The summed E-state index contributed by atoms with van der Waals surface area (Å²) in [5, 5.41) is 7.65. The summed E-state index contributed by atoms with van der Waals surface area (Å²) < 4.78 is 8.39. The smallest absolute Gasteiger partial charge is 0.125 e. The number of aromatic nitrogens is 2. The highest BCUT2D eigenvalue weighted by atomic mass is 79.9. The summed E-state index contributed by atoms with van der Waals surface area (Å²) in [6.45, 7) is 2.94. The highest BCUT2D eigenvalue weighted by Crippen LogP contribution is 2.31. The van der Waals surface area contributed by atoms with Gasteiger partial charge in [0.1, 0.15) is 5.75 Å². The van der Waals surface area contributed by atoms with E-state index in [1.54, 1.807) is 7.11 Å². The lowest BCUT2D eigenvalue weighted by atomic mass is 10.0. The average molecular weight is 324 g/mol. The van der Waals surface area contributed by atoms with E-state index in [2.05, 4.69) is 45.5 Å². The van der Waals surface area contributed by atoms with Crippen LogP contribution in [0.5, 0.6) is 5.75 Å². The second kappa shape index (κ2) is 6.21. The van der Waals surface area contributed by atoms with Crippen LogP contribution in [0.1, 0.15) is 24.1 Å². The maximum atomic E-state index is 5.47. The van der Waals surface area contributed by atoms with Gasteiger partial charge in [-0.2, -0.15) is 5.10 Å². The molecule has 19 heavy (non-hydrogen) atoms. The predicted molar refractivity (Wildman–Crippen MR) is 79.5 cm³/mol. The Morgan fingerprint density at radius 3 is 2.84 bits per heavy atom. The summed E-state index contributed by atoms with van der Waals surface area (Å²) in [6, 6.07) is 6.13. The maximum absolute atomic E-state index is 5.47. The SMILES string of the molecule is CCn1cc(C(NC)c2ccc(Br)cc2OC)cn1. The number of hydrogen-bond acceptors (Lipinski definition) is 3. The minimum Gasteiger partial charge on any atom is -0.496 e. The van der Waals surface area contributed by atoms with Gasteiger partial charge in [0.25, 0.3) is 0 Å². The van der Waals surface area contributed by atoms with Crippen LogP contribution in [-0.2, 0) is 6.54 Å². The van der Waals surface area contributed by atoms with E-state index < -0.39 is 0 Å². The van der Waals surface area contributed by atoms with Gasteiger partial charge in [0.15, 0.2) is 0 Å². The van der Waals surface area contributed by atoms with Crippen LogP contribution >= 0.6 is 15.9 Å². The van der Waals surface area contributed by atoms with Crippen molar-refractivity contribution in [3.8, 4) is 5.75 Å². The van der Waals surface area contributed by atoms with Crippen molar-refractivity contribution in [3.63, 3.8) is 0 Å². The summed E-state index contributed by atoms with van der Waals surface area (Å²) in [5.41, 5.74) is 2.23. The first-order valence-corrected chi connectivity index (χ1v) is 7.02. The minimum atomic E-state index is 0.0725. The Kier molecular flexibility index (Phi) is 4.61. The van der Waals surface area contributed by atoms with E-state index in [9.17, 15) is 0 Å². The Balaban J connectivity index is 2.41. The molecule has 0 spiro atoms. The maximum Gasteiger partial charge on any atom is 0.125 e. The fraction of sp³-hybridized carbons (Fsp3) is 0.357. The fourth-order valence-corrected chi connectivity index (χ4v) is 2.47. The normalized spacial score (nSPS) is 12.4. The van der Waals surface area contributed by atoms with Crippen LogP contribution < -0.4 is 10.1 Å². The van der Waals surface area contributed by atoms with Crippen molar-refractivity contribution in [3.05, 3.63) is 46.2 Å². The van der Waals surface area contributed by atoms with Gasteiger partial charge in [-0.3, -0.25) is 4.68 Å². The Morgan fingerprint density at radius 2 is 2.26 bits per heavy atom. The number of aryl methyl sites for hydroxylation is 1. The summed E-state index contributed by atoms with van der Waals surface area (Å²) in [7, 11) is 3.63. The van der Waals surface area contributed by atoms with Gasteiger partial charge >= 0.3 is 0 Å². The largest absolute Gasteiger partial charge is 0.496 e. The van der Waals surface area contributed by atoms with Crippen molar-refractivity contribution in [2.75, 3.05) is 14.2 Å². The number of benzene rings is 1. The van der Waals surface area contributed by atoms with Crippen LogP contribution in [0.25, 0.3) is 0 Å². The molecule has 1 unspecified atom stereocenters. The van der Waals surface area contributed by atoms with Gasteiger partial charge in [-0.25, -0.2) is 0 Å². The Labute approximate surface area is 121 Å². The molecule has 0 saturated heterocycles. The van der Waals surface area contributed by atoms with E-state index in [4.69, 9.17) is 4.74 Å². The lowest BCUT2D eigenvalue weighted by Crippen LogP contribution is -2.18. The van der Waals surface area contributed by atoms with Gasteiger partial charge in [0.2, 0.25) is 0 Å². The zero-order chi connectivity index (χ0) is 13.8. The molecule has 0 amide bonds. The van der Waals surface area contributed by atoms with E-state index in [1.807, 2.05) is 30.1 Å². The first kappa shape index (κ1) is 14.1. The van der Waals surface area contributed by atoms with Gasteiger partial charge in [-0.05, 0) is 26.1 Å². The number of rotatable bonds is 5. The number of halogens is 1. The van der Waals surface area contributed by atoms with Gasteiger partial charge in [0.05, 0.1) is 19.3 Å². The quantitative estimate of drug-likeness (QED) is 0.919. The number of ether oxygens (including phenoxy) is 1. The fourth-order valence-electron chi connectivity index (χ4n) is 2.13. The number of nitrogens with zero attached hydrogens (tertiary/aromatic N) is 2. The Morgan fingerprint density at radius 1 is 1.47 bits per heavy atom. The number of methoxy groups -OCH3 is 1. The van der Waals surface area contributed by atoms with E-state index in [0.717, 1.165) is 27.9 Å². The van der Waals surface area contributed by atoms with E-state index >= 15 is 0 Å². The van der Waals surface area contributed by atoms with Gasteiger partial charge in [-0.15, -0.1) is 0 Å². The summed E-state index contributed by atoms with van der Waals surface area (Å²) in [6.07, 6.45) is 3.95. The third-order valence-electron chi connectivity index (χ3n) is 3.11. The van der Waals surface area contributed by atoms with Crippen LogP contribution in [0.2, 0.25) is 0 Å². The van der Waals surface area contributed by atoms with Crippen LogP contribution in [-0.4, -0.2) is 23.9 Å². The summed E-state index contributed by atoms with van der Waals surface area (Å²) in [5.74, 6) is 0.859. The molecule has 0 radical (unpaired) electrons. The van der Waals surface area contributed by atoms with Crippen LogP contribution in [0.3, 0.4) is 0 Å². The molecular weight excluding hydrogens is 306 g/mol. The molecule has 102 valence electrons. The molecule has 1 atom stereocenters. The highest BCUT2D eigenvalue weighted by molar-refractivity contribution is 9.10. The van der Waals surface area contributed by atoms with Crippen molar-refractivity contribution >= 4 is 15.9 Å². The molecule has 0 aliphatic carbocycles. The average Bonchev–Trinajstić information content (AvgIpc) is 2.89. The van der Waals surface area contributed by atoms with Crippen molar-refractivity contribution in [1.82, 2.24) is 15.1 Å². The van der Waals surface area contributed by atoms with Crippen molar-refractivity contribution in [1.29, 1.82) is 0 Å². The lowest BCUT2D eigenvalue weighted by Gasteiger charge is -2.18. The van der Waals surface area contributed by atoms with Crippen molar-refractivity contribution < 1.29 is 4.74 Å². The molecule has 2 rings (SSSR count). The number of hydrogen-bond donors (Lipinski definition) is 1. The summed E-state index contributed by atoms with van der Waals surface area (Å²) >= 11 is 3.46. The molecule has 1 heterocycles. The lowest BCUT2D eigenvalue weighted by molar-refractivity contribution is 0.405. The van der Waals surface area contributed by atoms with E-state index in [-0.39, 0.29) is 6.04 Å². The molecule has 4 nitrogen and oxygen atoms in total. The Bertz CT molecular complexity index is 553. The molecule has 2 aromatic rings. The molecule has 1 aromatic heterocycles. The van der Waals surface area contributed by atoms with Crippen LogP contribution in [0, 0.1) is 0 Å². The van der Waals surface area contributed by atoms with Gasteiger partial charge in [-0.1, -0.05) is 22.0 Å². The molecule has 1 aromatic carbocycles. The first-order valence-electron chi connectivity index (χ1n) is 6.22. The third kappa shape index (κ3) is 2.98. The monoisotopic (exact) mass is 323 g/mol. The standard InChI is InChI=1S/C14H18BrN3O/c1-4-18-9-10(8-17-18)14(16-2)12-6-5-11(15)7-13(12)19-3/h5-9,14,16H,4H2,1-3H3. The topological polar surface area (TPSA) is 39.1 Å². The van der Waals surface area contributed by atoms with Crippen molar-refractivity contribution in [2.45, 2.75) is 19.5 Å². The number of nitrogens with one attached hydrogen (secondary N) is 1. The molecule has 5 heteroatoms. The second-order valence-electron chi connectivity index (χ2n) is 4.24. The van der Waals surface area contributed by atoms with Gasteiger partial charge < -0.3 is 10.1 Å². The van der Waals surface area contributed by atoms with Crippen LogP contribution in [0.15, 0.2) is 35.1 Å². The highest BCUT2D eigenvalue weighted by Gasteiger charge is 2.18. The molecular formula is C14H18BrN3O. The zero-order valence-electron chi connectivity index (χ0n) is 11.4.